The predicted molar refractivity (Wildman–Crippen MR) is 609 cm³/mol. The first-order chi connectivity index (χ1) is 70.4. The fourth-order valence-electron chi connectivity index (χ4n) is 18.1. The summed E-state index contributed by atoms with van der Waals surface area (Å²) in [5.74, 6) is 3.45. The minimum Gasteiger partial charge on any atom is -0.481 e. The summed E-state index contributed by atoms with van der Waals surface area (Å²) < 4.78 is 117. The van der Waals surface area contributed by atoms with Crippen molar-refractivity contribution in [3.63, 3.8) is 0 Å². The van der Waals surface area contributed by atoms with E-state index in [2.05, 4.69) is 166 Å². The molecule has 7 fully saturated rings. The van der Waals surface area contributed by atoms with Crippen molar-refractivity contribution in [2.45, 2.75) is 268 Å². The zero-order chi connectivity index (χ0) is 107. The number of benzene rings is 3. The molecule has 13 heterocycles. The monoisotopic (exact) mass is 2330 g/mol. The molecule has 4 saturated heterocycles. The van der Waals surface area contributed by atoms with Crippen LogP contribution in [-0.4, -0.2) is 245 Å². The van der Waals surface area contributed by atoms with Gasteiger partial charge in [0.1, 0.15) is 68.1 Å². The number of carbonyl (C=O) groups is 2. The van der Waals surface area contributed by atoms with Crippen LogP contribution in [0.1, 0.15) is 176 Å². The Bertz CT molecular complexity index is 6820. The second-order valence-corrected chi connectivity index (χ2v) is 76.4. The zero-order valence-electron chi connectivity index (χ0n) is 90.2. The number of ether oxygens (including phenoxy) is 4. The summed E-state index contributed by atoms with van der Waals surface area (Å²) in [7, 11) is -14.1. The molecule has 3 aliphatic carbocycles. The molecule has 12 aromatic rings. The van der Waals surface area contributed by atoms with Gasteiger partial charge in [-0.15, -0.1) is 0 Å². The van der Waals surface area contributed by atoms with E-state index in [9.17, 15) is 25.3 Å². The van der Waals surface area contributed by atoms with Crippen LogP contribution in [0.25, 0.3) is 84.1 Å². The SMILES string of the molecule is CC(=O)O.CC(=O)O.CC1(C)OB(C2CC2)OC1(C)C.C[Si](C)(C)CCOCN(COCC[Si](C)(C)C)c1c(Br)c(C2CCS(=O)(=O)CC2)nc2c(-c3ccc(-c4ccccc4)nc3)cnn12.C[Si](C)(C)CCOCN(COCC[Si](C)(C)C)c1c(C2CC2)c(C2CCS(=O)(=O)CC2)nc2c(-c3ccc(-c4ccccc4)nc3)cnn12.Nc1c(C2CC2)c(C2CCS(=O)(=O)CC2)nc2c(-c3ccc(-c4ccccc4)nc3)cnn12.[Pd]. The van der Waals surface area contributed by atoms with E-state index in [1.165, 1.54) is 18.4 Å². The van der Waals surface area contributed by atoms with Gasteiger partial charge in [-0.25, -0.2) is 40.2 Å². The minimum atomic E-state index is -3.04. The molecular formula is C109H151BBrN15O16PdS3Si4. The van der Waals surface area contributed by atoms with Crippen molar-refractivity contribution in [2.75, 3.05) is 103 Å². The number of hydrogen-bond acceptors (Lipinski definition) is 26. The maximum absolute atomic E-state index is 12.5. The second-order valence-electron chi connectivity index (χ2n) is 46.2. The van der Waals surface area contributed by atoms with Gasteiger partial charge in [-0.2, -0.15) is 28.8 Å². The third-order valence-corrected chi connectivity index (χ3v) is 40.8. The van der Waals surface area contributed by atoms with Gasteiger partial charge >= 0.3 is 7.12 Å². The molecule has 0 atom stereocenters. The Labute approximate surface area is 912 Å². The van der Waals surface area contributed by atoms with Gasteiger partial charge in [0.15, 0.2) is 22.8 Å². The number of carboxylic acid groups (broad SMARTS) is 2. The van der Waals surface area contributed by atoms with E-state index >= 15 is 0 Å². The topological polar surface area (TPSA) is 394 Å². The Morgan fingerprint density at radius 3 is 0.980 bits per heavy atom. The Hall–Kier alpha value is -9.01. The van der Waals surface area contributed by atoms with Gasteiger partial charge in [-0.1, -0.05) is 201 Å². The van der Waals surface area contributed by atoms with Crippen molar-refractivity contribution >= 4 is 131 Å². The number of hydrogen-bond donors (Lipinski definition) is 3. The average molecular weight is 2330 g/mol. The summed E-state index contributed by atoms with van der Waals surface area (Å²) in [5.41, 5.74) is 24.9. The molecule has 4 aliphatic heterocycles. The first-order valence-corrected chi connectivity index (χ1v) is 73.3. The van der Waals surface area contributed by atoms with E-state index in [-0.39, 0.29) is 91.0 Å². The van der Waals surface area contributed by atoms with Crippen molar-refractivity contribution < 1.29 is 93.7 Å². The molecule has 0 spiro atoms. The molecule has 3 saturated carbocycles. The van der Waals surface area contributed by atoms with Gasteiger partial charge in [0.05, 0.1) is 103 Å². The van der Waals surface area contributed by atoms with E-state index in [0.29, 0.717) is 127 Å². The van der Waals surface area contributed by atoms with Crippen molar-refractivity contribution in [3.05, 3.63) is 197 Å². The third kappa shape index (κ3) is 32.8. The Morgan fingerprint density at radius 1 is 0.400 bits per heavy atom. The Balaban J connectivity index is 0.000000172. The summed E-state index contributed by atoms with van der Waals surface area (Å²) in [5, 5.41) is 29.3. The van der Waals surface area contributed by atoms with Crippen LogP contribution in [0.15, 0.2) is 169 Å². The van der Waals surface area contributed by atoms with Crippen LogP contribution in [0.3, 0.4) is 0 Å². The summed E-state index contributed by atoms with van der Waals surface area (Å²) in [6.45, 7) is 43.1. The van der Waals surface area contributed by atoms with E-state index in [1.807, 2.05) is 143 Å². The van der Waals surface area contributed by atoms with Gasteiger partial charge in [0.2, 0.25) is 0 Å². The Morgan fingerprint density at radius 2 is 0.680 bits per heavy atom. The van der Waals surface area contributed by atoms with Crippen LogP contribution in [0, 0.1) is 0 Å². The van der Waals surface area contributed by atoms with Crippen LogP contribution in [0.2, 0.25) is 109 Å². The number of rotatable bonds is 34. The number of sulfone groups is 3. The molecule has 0 radical (unpaired) electrons. The standard InChI is InChI=1S/C37H53N5O4SSi2.C34H48BrN5O4SSi2.C25H25N5O2S.C9H17BO2.2C2H4O2.Pd/c1-48(2,3)22-18-45-26-41(27-46-19-23-49(4,5)6)37-34(29-12-13-29)35(30-16-20-47(43,44)21-17-30)40-36-32(25-39-42(36)37)31-14-15-33(38-24-31)28-10-8-7-9-11-28;1-46(2,3)20-16-43-24-39(25-44-17-21-47(4,5)6)34-31(35)32(27-14-18-45(41,42)19-15-27)38-33-29(23-37-40(33)34)28-12-13-30(36-22-28)26-10-8-7-9-11-26;26-24-22(17-6-7-17)23(18-10-12-33(31,32)13-11-18)29-25-20(15-28-30(24)25)19-8-9-21(27-14-19)16-4-2-1-3-5-16;1-8(2)9(3,4)12-10(11-8)7-5-6-7;2*1-2(3)4;/h7-11,14-15,24-25,29-30H,12-13,16-23,26-27H2,1-6H3;7-13,22-23,27H,14-21,24-25H2,1-6H3;1-5,8-9,14-15,17-18H,6-7,10-13,26H2;7H,5-6H2,1-4H3;2*1H3,(H,3,4);. The maximum Gasteiger partial charge on any atom is 0.461 e. The van der Waals surface area contributed by atoms with E-state index in [4.69, 9.17) is 88.9 Å². The quantitative estimate of drug-likeness (QED) is 0.0191. The fraction of sp³-hybridized carbons (Fsp3) is 0.514. The second kappa shape index (κ2) is 50.7. The van der Waals surface area contributed by atoms with Gasteiger partial charge in [-0.05, 0) is 168 Å². The van der Waals surface area contributed by atoms with Gasteiger partial charge in [0, 0.05) is 191 Å². The third-order valence-electron chi connectivity index (χ3n) is 28.1. The number of nitrogens with zero attached hydrogens (tertiary/aromatic N) is 14. The van der Waals surface area contributed by atoms with Crippen LogP contribution >= 0.6 is 15.9 Å². The number of nitrogen functional groups attached to an aromatic ring is 1. The number of nitrogens with two attached hydrogens (primary N) is 1. The molecule has 4 N–H and O–H groups in total. The number of aromatic nitrogens is 12. The van der Waals surface area contributed by atoms with Crippen LogP contribution in [-0.2, 0) is 87.8 Å². The van der Waals surface area contributed by atoms with Gasteiger partial charge in [-0.3, -0.25) is 24.5 Å². The smallest absolute Gasteiger partial charge is 0.461 e. The molecular weight excluding hydrogens is 2180 g/mol. The van der Waals surface area contributed by atoms with Crippen LogP contribution < -0.4 is 15.5 Å². The van der Waals surface area contributed by atoms with Crippen molar-refractivity contribution in [3.8, 4) is 67.2 Å². The molecule has 0 unspecified atom stereocenters. The van der Waals surface area contributed by atoms with Gasteiger partial charge in [0.25, 0.3) is 11.9 Å². The van der Waals surface area contributed by atoms with Crippen molar-refractivity contribution in [2.24, 2.45) is 0 Å². The van der Waals surface area contributed by atoms with Crippen molar-refractivity contribution in [1.29, 1.82) is 0 Å². The molecule has 19 rings (SSSR count). The Kier molecular flexibility index (Phi) is 39.9. The number of carboxylic acids is 2. The van der Waals surface area contributed by atoms with Crippen LogP contribution in [0.4, 0.5) is 17.5 Å². The molecule has 3 aromatic carbocycles. The number of anilines is 3. The molecule has 7 aliphatic rings. The summed E-state index contributed by atoms with van der Waals surface area (Å²) in [6, 6.07) is 46.9. The van der Waals surface area contributed by atoms with E-state index in [0.717, 1.165) is 175 Å². The van der Waals surface area contributed by atoms with Crippen LogP contribution in [0.5, 0.6) is 0 Å². The number of halogens is 1. The summed E-state index contributed by atoms with van der Waals surface area (Å²) in [6.07, 6.45) is 21.5. The minimum absolute atomic E-state index is 0. The fourth-order valence-corrected chi connectivity index (χ4v) is 26.5. The first kappa shape index (κ1) is 118. The van der Waals surface area contributed by atoms with Crippen molar-refractivity contribution in [1.82, 2.24) is 58.7 Å². The van der Waals surface area contributed by atoms with E-state index in [1.54, 1.807) is 10.7 Å². The normalized spacial score (nSPS) is 17.5. The number of aliphatic carboxylic acids is 2. The van der Waals surface area contributed by atoms with E-state index < -0.39 is 73.7 Å². The first-order valence-electron chi connectivity index (χ1n) is 52.3. The largest absolute Gasteiger partial charge is 0.481 e. The number of fused-ring (bicyclic) bond motifs is 3. The predicted octanol–water partition coefficient (Wildman–Crippen LogP) is 22.6. The molecule has 150 heavy (non-hydrogen) atoms. The summed E-state index contributed by atoms with van der Waals surface area (Å²) in [4.78, 5) is 52.2. The zero-order valence-corrected chi connectivity index (χ0v) is 99.8. The number of pyridine rings is 3. The molecule has 31 nitrogen and oxygen atoms in total. The molecule has 0 bridgehead atoms. The molecule has 0 amide bonds. The molecule has 41 heteroatoms. The average Bonchev–Trinajstić information content (AvgIpc) is 1.52. The maximum atomic E-state index is 12.5. The summed E-state index contributed by atoms with van der Waals surface area (Å²) >= 11 is 3.93. The molecule has 9 aromatic heterocycles. The molecule has 812 valence electrons. The van der Waals surface area contributed by atoms with Gasteiger partial charge < -0.3 is 54.0 Å².